The van der Waals surface area contributed by atoms with Crippen molar-refractivity contribution in [2.75, 3.05) is 12.4 Å². The summed E-state index contributed by atoms with van der Waals surface area (Å²) in [5, 5.41) is 0. The minimum absolute atomic E-state index is 0.114. The van der Waals surface area contributed by atoms with Gasteiger partial charge in [-0.1, -0.05) is 18.2 Å². The summed E-state index contributed by atoms with van der Waals surface area (Å²) >= 11 is 0. The molecule has 0 atom stereocenters. The zero-order valence-electron chi connectivity index (χ0n) is 9.55. The van der Waals surface area contributed by atoms with Crippen molar-refractivity contribution in [2.45, 2.75) is 18.2 Å². The second-order valence-electron chi connectivity index (χ2n) is 3.34. The minimum atomic E-state index is -3.40. The number of hydrogen-bond donors (Lipinski definition) is 1. The maximum atomic E-state index is 11.8. The molecular formula is C11H15NO4S. The fourth-order valence-corrected chi connectivity index (χ4v) is 2.44. The van der Waals surface area contributed by atoms with Gasteiger partial charge in [0, 0.05) is 6.42 Å². The van der Waals surface area contributed by atoms with E-state index in [4.69, 9.17) is 0 Å². The summed E-state index contributed by atoms with van der Waals surface area (Å²) in [5.74, 6) is -0.665. The third-order valence-corrected chi connectivity index (χ3v) is 3.76. The van der Waals surface area contributed by atoms with Crippen molar-refractivity contribution in [2.24, 2.45) is 0 Å². The maximum Gasteiger partial charge on any atom is 0.244 e. The van der Waals surface area contributed by atoms with E-state index in [1.54, 1.807) is 25.1 Å². The predicted molar refractivity (Wildman–Crippen MR) is 62.9 cm³/mol. The summed E-state index contributed by atoms with van der Waals surface area (Å²) in [6.07, 6.45) is -0.114. The maximum absolute atomic E-state index is 11.8. The molecule has 1 N–H and O–H groups in total. The smallest absolute Gasteiger partial charge is 0.244 e. The molecule has 0 radical (unpaired) electrons. The Morgan fingerprint density at radius 2 is 1.94 bits per heavy atom. The number of hydrogen-bond acceptors (Lipinski definition) is 4. The van der Waals surface area contributed by atoms with E-state index in [1.165, 1.54) is 12.1 Å². The summed E-state index contributed by atoms with van der Waals surface area (Å²) in [4.78, 5) is 16.1. The Hall–Kier alpha value is -1.40. The van der Waals surface area contributed by atoms with Gasteiger partial charge < -0.3 is 0 Å². The van der Waals surface area contributed by atoms with Crippen LogP contribution >= 0.6 is 0 Å². The molecule has 94 valence electrons. The summed E-state index contributed by atoms with van der Waals surface area (Å²) < 4.78 is 23.6. The lowest BCUT2D eigenvalue weighted by Crippen LogP contribution is -2.25. The van der Waals surface area contributed by atoms with Crippen LogP contribution in [0.2, 0.25) is 0 Å². The molecule has 0 aromatic heterocycles. The number of hydroxylamine groups is 1. The highest BCUT2D eigenvalue weighted by Crippen LogP contribution is 2.10. The van der Waals surface area contributed by atoms with Crippen molar-refractivity contribution < 1.29 is 18.0 Å². The van der Waals surface area contributed by atoms with Crippen LogP contribution in [0, 0.1) is 0 Å². The molecule has 5 nitrogen and oxygen atoms in total. The highest BCUT2D eigenvalue weighted by Gasteiger charge is 2.15. The Kier molecular flexibility index (Phi) is 5.11. The van der Waals surface area contributed by atoms with Gasteiger partial charge in [-0.3, -0.25) is 9.63 Å². The molecule has 0 aliphatic rings. The average molecular weight is 257 g/mol. The fraction of sp³-hybridized carbons (Fsp3) is 0.364. The Morgan fingerprint density at radius 1 is 1.29 bits per heavy atom. The standard InChI is InChI=1S/C11H15NO4S/c1-2-16-12-11(13)8-9-17(14,15)10-6-4-3-5-7-10/h3-7H,2,8-9H2,1H3,(H,12,13). The number of nitrogens with one attached hydrogen (secondary N) is 1. The van der Waals surface area contributed by atoms with Crippen LogP contribution in [0.25, 0.3) is 0 Å². The van der Waals surface area contributed by atoms with Crippen molar-refractivity contribution in [1.29, 1.82) is 0 Å². The van der Waals surface area contributed by atoms with Gasteiger partial charge in [-0.05, 0) is 19.1 Å². The Balaban J connectivity index is 2.54. The first-order chi connectivity index (χ1) is 8.06. The van der Waals surface area contributed by atoms with Crippen molar-refractivity contribution in [3.63, 3.8) is 0 Å². The van der Waals surface area contributed by atoms with Crippen molar-refractivity contribution >= 4 is 15.7 Å². The van der Waals surface area contributed by atoms with Crippen LogP contribution < -0.4 is 5.48 Å². The first kappa shape index (κ1) is 13.7. The van der Waals surface area contributed by atoms with Crippen LogP contribution in [-0.2, 0) is 19.5 Å². The van der Waals surface area contributed by atoms with E-state index in [9.17, 15) is 13.2 Å². The van der Waals surface area contributed by atoms with E-state index in [2.05, 4.69) is 10.3 Å². The number of rotatable bonds is 6. The molecule has 0 aliphatic heterocycles. The molecule has 1 amide bonds. The van der Waals surface area contributed by atoms with E-state index in [0.29, 0.717) is 6.61 Å². The van der Waals surface area contributed by atoms with E-state index in [1.807, 2.05) is 0 Å². The van der Waals surface area contributed by atoms with Gasteiger partial charge in [0.2, 0.25) is 5.91 Å². The van der Waals surface area contributed by atoms with Crippen LogP contribution in [0.5, 0.6) is 0 Å². The van der Waals surface area contributed by atoms with Crippen molar-refractivity contribution in [3.05, 3.63) is 30.3 Å². The Labute approximate surface area is 101 Å². The Bertz CT molecular complexity index is 456. The van der Waals surface area contributed by atoms with Gasteiger partial charge in [0.15, 0.2) is 9.84 Å². The van der Waals surface area contributed by atoms with Gasteiger partial charge >= 0.3 is 0 Å². The lowest BCUT2D eigenvalue weighted by molar-refractivity contribution is -0.132. The molecule has 17 heavy (non-hydrogen) atoms. The lowest BCUT2D eigenvalue weighted by Gasteiger charge is -2.05. The second-order valence-corrected chi connectivity index (χ2v) is 5.45. The molecule has 0 heterocycles. The molecule has 0 aliphatic carbocycles. The van der Waals surface area contributed by atoms with Crippen LogP contribution in [0.3, 0.4) is 0 Å². The first-order valence-corrected chi connectivity index (χ1v) is 6.90. The van der Waals surface area contributed by atoms with Gasteiger partial charge in [0.05, 0.1) is 17.3 Å². The molecule has 1 aromatic carbocycles. The first-order valence-electron chi connectivity index (χ1n) is 5.24. The van der Waals surface area contributed by atoms with Gasteiger partial charge in [-0.25, -0.2) is 13.9 Å². The third kappa shape index (κ3) is 4.54. The molecule has 0 fully saturated rings. The van der Waals surface area contributed by atoms with Gasteiger partial charge in [0.1, 0.15) is 0 Å². The monoisotopic (exact) mass is 257 g/mol. The normalized spacial score (nSPS) is 11.1. The van der Waals surface area contributed by atoms with Crippen LogP contribution in [-0.4, -0.2) is 26.7 Å². The summed E-state index contributed by atoms with van der Waals surface area (Å²) in [5.41, 5.74) is 2.15. The third-order valence-electron chi connectivity index (χ3n) is 2.03. The molecule has 1 aromatic rings. The van der Waals surface area contributed by atoms with Crippen molar-refractivity contribution in [1.82, 2.24) is 5.48 Å². The molecule has 6 heteroatoms. The highest BCUT2D eigenvalue weighted by molar-refractivity contribution is 7.91. The minimum Gasteiger partial charge on any atom is -0.274 e. The van der Waals surface area contributed by atoms with Crippen LogP contribution in [0.4, 0.5) is 0 Å². The molecule has 0 saturated heterocycles. The molecule has 1 rings (SSSR count). The van der Waals surface area contributed by atoms with E-state index in [0.717, 1.165) is 0 Å². The quantitative estimate of drug-likeness (QED) is 0.769. The number of sulfone groups is 1. The topological polar surface area (TPSA) is 72.5 Å². The number of benzene rings is 1. The Morgan fingerprint density at radius 3 is 2.53 bits per heavy atom. The average Bonchev–Trinajstić information content (AvgIpc) is 2.35. The lowest BCUT2D eigenvalue weighted by atomic mass is 10.4. The molecule has 0 unspecified atom stereocenters. The predicted octanol–water partition coefficient (Wildman–Crippen LogP) is 0.918. The zero-order valence-corrected chi connectivity index (χ0v) is 10.4. The zero-order chi connectivity index (χ0) is 12.7. The summed E-state index contributed by atoms with van der Waals surface area (Å²) in [6, 6.07) is 8.05. The molecule has 0 saturated carbocycles. The van der Waals surface area contributed by atoms with Gasteiger partial charge in [-0.15, -0.1) is 0 Å². The molecule has 0 bridgehead atoms. The highest BCUT2D eigenvalue weighted by atomic mass is 32.2. The second kappa shape index (κ2) is 6.36. The summed E-state index contributed by atoms with van der Waals surface area (Å²) in [6.45, 7) is 2.07. The van der Waals surface area contributed by atoms with Gasteiger partial charge in [-0.2, -0.15) is 0 Å². The largest absolute Gasteiger partial charge is 0.274 e. The number of carbonyl (C=O) groups is 1. The van der Waals surface area contributed by atoms with Crippen LogP contribution in [0.15, 0.2) is 35.2 Å². The van der Waals surface area contributed by atoms with E-state index >= 15 is 0 Å². The van der Waals surface area contributed by atoms with Crippen molar-refractivity contribution in [3.8, 4) is 0 Å². The van der Waals surface area contributed by atoms with E-state index in [-0.39, 0.29) is 17.1 Å². The summed E-state index contributed by atoms with van der Waals surface area (Å²) in [7, 11) is -3.40. The molecular weight excluding hydrogens is 242 g/mol. The fourth-order valence-electron chi connectivity index (χ4n) is 1.18. The SMILES string of the molecule is CCONC(=O)CCS(=O)(=O)c1ccccc1. The van der Waals surface area contributed by atoms with Gasteiger partial charge in [0.25, 0.3) is 0 Å². The number of amides is 1. The van der Waals surface area contributed by atoms with E-state index < -0.39 is 15.7 Å². The van der Waals surface area contributed by atoms with Crippen LogP contribution in [0.1, 0.15) is 13.3 Å². The number of carbonyl (C=O) groups excluding carboxylic acids is 1. The molecule has 0 spiro atoms.